The van der Waals surface area contributed by atoms with Crippen molar-refractivity contribution in [2.45, 2.75) is 58.0 Å². The molecule has 0 radical (unpaired) electrons. The number of nitriles is 1. The Kier molecular flexibility index (Phi) is 5.24. The van der Waals surface area contributed by atoms with E-state index in [1.54, 1.807) is 0 Å². The van der Waals surface area contributed by atoms with Crippen LogP contribution in [0.25, 0.3) is 0 Å². The zero-order valence-corrected chi connectivity index (χ0v) is 10.9. The highest BCUT2D eigenvalue weighted by atomic mass is 15.1. The molecule has 1 N–H and O–H groups in total. The van der Waals surface area contributed by atoms with E-state index in [4.69, 9.17) is 5.26 Å². The summed E-state index contributed by atoms with van der Waals surface area (Å²) in [6.45, 7) is 9.82. The number of nitrogens with zero attached hydrogens (tertiary/aromatic N) is 2. The summed E-state index contributed by atoms with van der Waals surface area (Å²) >= 11 is 0. The molecule has 1 fully saturated rings. The molecule has 0 aliphatic carbocycles. The molecule has 1 heterocycles. The molecule has 92 valence electrons. The Balaban J connectivity index is 2.25. The molecule has 0 spiro atoms. The van der Waals surface area contributed by atoms with Crippen molar-refractivity contribution in [1.82, 2.24) is 10.2 Å². The molecular weight excluding hydrogens is 198 g/mol. The molecule has 0 aromatic carbocycles. The van der Waals surface area contributed by atoms with Crippen molar-refractivity contribution in [3.63, 3.8) is 0 Å². The highest BCUT2D eigenvalue weighted by molar-refractivity contribution is 4.94. The van der Waals surface area contributed by atoms with Gasteiger partial charge in [-0.25, -0.2) is 0 Å². The predicted octanol–water partition coefficient (Wildman–Crippen LogP) is 2.14. The third-order valence-corrected chi connectivity index (χ3v) is 2.95. The van der Waals surface area contributed by atoms with E-state index in [1.807, 2.05) is 0 Å². The maximum absolute atomic E-state index is 9.09. The fraction of sp³-hybridized carbons (Fsp3) is 0.923. The van der Waals surface area contributed by atoms with Crippen LogP contribution in [0.3, 0.4) is 0 Å². The second kappa shape index (κ2) is 6.22. The van der Waals surface area contributed by atoms with Gasteiger partial charge in [-0.05, 0) is 53.1 Å². The molecule has 0 bridgehead atoms. The largest absolute Gasteiger partial charge is 0.303 e. The van der Waals surface area contributed by atoms with Crippen LogP contribution in [0.4, 0.5) is 0 Å². The van der Waals surface area contributed by atoms with Gasteiger partial charge < -0.3 is 4.90 Å². The number of nitrogens with one attached hydrogen (secondary N) is 1. The van der Waals surface area contributed by atoms with Crippen molar-refractivity contribution in [1.29, 1.82) is 5.26 Å². The van der Waals surface area contributed by atoms with Crippen LogP contribution >= 0.6 is 0 Å². The molecule has 0 aromatic heterocycles. The summed E-state index contributed by atoms with van der Waals surface area (Å²) in [5.41, 5.74) is 0.0301. The van der Waals surface area contributed by atoms with Crippen molar-refractivity contribution in [2.24, 2.45) is 0 Å². The van der Waals surface area contributed by atoms with Gasteiger partial charge in [0, 0.05) is 12.1 Å². The Morgan fingerprint density at radius 2 is 1.88 bits per heavy atom. The smallest absolute Gasteiger partial charge is 0.0969 e. The van der Waals surface area contributed by atoms with Gasteiger partial charge in [0.15, 0.2) is 0 Å². The van der Waals surface area contributed by atoms with E-state index in [0.29, 0.717) is 0 Å². The fourth-order valence-electron chi connectivity index (χ4n) is 2.19. The van der Waals surface area contributed by atoms with Gasteiger partial charge >= 0.3 is 0 Å². The van der Waals surface area contributed by atoms with Gasteiger partial charge in [0.25, 0.3) is 0 Å². The van der Waals surface area contributed by atoms with Gasteiger partial charge in [-0.1, -0.05) is 6.42 Å². The molecule has 1 aliphatic rings. The molecule has 1 saturated heterocycles. The van der Waals surface area contributed by atoms with E-state index < -0.39 is 0 Å². The SMILES string of the molecule is CC(C)(C)NC(C#N)CCN1CCCCC1. The Bertz CT molecular complexity index is 231. The van der Waals surface area contributed by atoms with E-state index in [2.05, 4.69) is 37.1 Å². The average molecular weight is 223 g/mol. The number of likely N-dealkylation sites (tertiary alicyclic amines) is 1. The molecule has 16 heavy (non-hydrogen) atoms. The number of rotatable bonds is 4. The van der Waals surface area contributed by atoms with Gasteiger partial charge in [0.1, 0.15) is 0 Å². The summed E-state index contributed by atoms with van der Waals surface area (Å²) in [6, 6.07) is 2.35. The van der Waals surface area contributed by atoms with Gasteiger partial charge in [0.05, 0.1) is 12.1 Å². The van der Waals surface area contributed by atoms with Crippen LogP contribution in [0.15, 0.2) is 0 Å². The first-order valence-corrected chi connectivity index (χ1v) is 6.41. The Labute approximate surface area is 99.8 Å². The van der Waals surface area contributed by atoms with E-state index in [0.717, 1.165) is 13.0 Å². The van der Waals surface area contributed by atoms with E-state index in [9.17, 15) is 0 Å². The Hall–Kier alpha value is -0.590. The van der Waals surface area contributed by atoms with E-state index >= 15 is 0 Å². The van der Waals surface area contributed by atoms with Crippen LogP contribution in [0.5, 0.6) is 0 Å². The summed E-state index contributed by atoms with van der Waals surface area (Å²) in [4.78, 5) is 2.48. The molecular formula is C13H25N3. The number of hydrogen-bond acceptors (Lipinski definition) is 3. The fourth-order valence-corrected chi connectivity index (χ4v) is 2.19. The van der Waals surface area contributed by atoms with E-state index in [1.165, 1.54) is 32.4 Å². The second-order valence-electron chi connectivity index (χ2n) is 5.77. The van der Waals surface area contributed by atoms with Crippen LogP contribution < -0.4 is 5.32 Å². The summed E-state index contributed by atoms with van der Waals surface area (Å²) in [7, 11) is 0. The summed E-state index contributed by atoms with van der Waals surface area (Å²) in [5.74, 6) is 0. The minimum absolute atomic E-state index is 0.0121. The average Bonchev–Trinajstić information content (AvgIpc) is 2.24. The second-order valence-corrected chi connectivity index (χ2v) is 5.77. The lowest BCUT2D eigenvalue weighted by Gasteiger charge is -2.29. The van der Waals surface area contributed by atoms with Crippen molar-refractivity contribution < 1.29 is 0 Å². The van der Waals surface area contributed by atoms with Gasteiger partial charge in [0.2, 0.25) is 0 Å². The quantitative estimate of drug-likeness (QED) is 0.793. The van der Waals surface area contributed by atoms with Crippen LogP contribution in [-0.2, 0) is 0 Å². The monoisotopic (exact) mass is 223 g/mol. The van der Waals surface area contributed by atoms with E-state index in [-0.39, 0.29) is 11.6 Å². The zero-order chi connectivity index (χ0) is 12.0. The van der Waals surface area contributed by atoms with Crippen LogP contribution in [0, 0.1) is 11.3 Å². The Morgan fingerprint density at radius 3 is 2.38 bits per heavy atom. The van der Waals surface area contributed by atoms with Crippen molar-refractivity contribution in [3.8, 4) is 6.07 Å². The van der Waals surface area contributed by atoms with Crippen molar-refractivity contribution >= 4 is 0 Å². The minimum atomic E-state index is -0.0121. The normalized spacial score (nSPS) is 20.4. The van der Waals surface area contributed by atoms with Crippen LogP contribution in [0.1, 0.15) is 46.5 Å². The van der Waals surface area contributed by atoms with Gasteiger partial charge in [-0.2, -0.15) is 5.26 Å². The molecule has 1 unspecified atom stereocenters. The molecule has 1 atom stereocenters. The van der Waals surface area contributed by atoms with Crippen molar-refractivity contribution in [3.05, 3.63) is 0 Å². The molecule has 3 nitrogen and oxygen atoms in total. The zero-order valence-electron chi connectivity index (χ0n) is 10.9. The summed E-state index contributed by atoms with van der Waals surface area (Å²) < 4.78 is 0. The molecule has 1 aliphatic heterocycles. The van der Waals surface area contributed by atoms with Crippen LogP contribution in [0.2, 0.25) is 0 Å². The van der Waals surface area contributed by atoms with Crippen LogP contribution in [-0.4, -0.2) is 36.1 Å². The minimum Gasteiger partial charge on any atom is -0.303 e. The first-order chi connectivity index (χ1) is 7.51. The third kappa shape index (κ3) is 5.48. The lowest BCUT2D eigenvalue weighted by molar-refractivity contribution is 0.217. The molecule has 1 rings (SSSR count). The molecule has 3 heteroatoms. The van der Waals surface area contributed by atoms with Gasteiger partial charge in [-0.15, -0.1) is 0 Å². The predicted molar refractivity (Wildman–Crippen MR) is 67.2 cm³/mol. The first-order valence-electron chi connectivity index (χ1n) is 6.41. The lowest BCUT2D eigenvalue weighted by atomic mass is 10.1. The van der Waals surface area contributed by atoms with Crippen molar-refractivity contribution in [2.75, 3.05) is 19.6 Å². The Morgan fingerprint density at radius 1 is 1.25 bits per heavy atom. The molecule has 0 saturated carbocycles. The summed E-state index contributed by atoms with van der Waals surface area (Å²) in [6.07, 6.45) is 4.96. The standard InChI is InChI=1S/C13H25N3/c1-13(2,3)15-12(11-14)7-10-16-8-5-4-6-9-16/h12,15H,4-10H2,1-3H3. The maximum atomic E-state index is 9.09. The molecule has 0 amide bonds. The first kappa shape index (κ1) is 13.5. The maximum Gasteiger partial charge on any atom is 0.0969 e. The third-order valence-electron chi connectivity index (χ3n) is 2.95. The highest BCUT2D eigenvalue weighted by Gasteiger charge is 2.18. The highest BCUT2D eigenvalue weighted by Crippen LogP contribution is 2.10. The topological polar surface area (TPSA) is 39.1 Å². The van der Waals surface area contributed by atoms with Gasteiger partial charge in [-0.3, -0.25) is 5.32 Å². The molecule has 0 aromatic rings. The summed E-state index contributed by atoms with van der Waals surface area (Å²) in [5, 5.41) is 12.4. The number of hydrogen-bond donors (Lipinski definition) is 1. The lowest BCUT2D eigenvalue weighted by Crippen LogP contribution is -2.44. The number of piperidine rings is 1.